The molecule has 270 valence electrons. The van der Waals surface area contributed by atoms with E-state index in [1.807, 2.05) is 33.0 Å². The molecule has 1 aromatic rings. The number of likely N-dealkylation sites (N-methyl/N-ethyl adjacent to an activating group) is 2. The Balaban J connectivity index is 0.0000115. The first-order valence-electron chi connectivity index (χ1n) is 16.1. The van der Waals surface area contributed by atoms with Crippen molar-refractivity contribution in [3.8, 4) is 5.75 Å². The van der Waals surface area contributed by atoms with Crippen LogP contribution in [0.5, 0.6) is 5.75 Å². The van der Waals surface area contributed by atoms with Gasteiger partial charge in [-0.15, -0.1) is 12.4 Å². The molecule has 2 rings (SSSR count). The van der Waals surface area contributed by atoms with Crippen LogP contribution in [0.3, 0.4) is 0 Å². The Morgan fingerprint density at radius 3 is 2.27 bits per heavy atom. The number of nitrogens with one attached hydrogen (secondary N) is 2. The van der Waals surface area contributed by atoms with Gasteiger partial charge in [-0.25, -0.2) is 4.79 Å². The number of carbonyl (C=O) groups is 3. The van der Waals surface area contributed by atoms with Gasteiger partial charge in [-0.3, -0.25) is 9.59 Å². The SMILES string of the molecule is CNCCN(C)C(=O)Oc1cc2cc(c1)[C@H](OC)[C@@H](C)C[C@H](OC)[C@H](OC)C(C)/C=C(\C)[C@H](OC(C)=O)[C@@H](C)/C=C\C=C(/C)C(=O)N2.Cl. The van der Waals surface area contributed by atoms with Crippen molar-refractivity contribution < 1.29 is 38.1 Å². The summed E-state index contributed by atoms with van der Waals surface area (Å²) < 4.78 is 29.5. The van der Waals surface area contributed by atoms with Gasteiger partial charge in [0.05, 0.1) is 18.3 Å². The highest BCUT2D eigenvalue weighted by Gasteiger charge is 2.32. The Bertz CT molecular complexity index is 1300. The zero-order valence-electron chi connectivity index (χ0n) is 30.3. The van der Waals surface area contributed by atoms with Crippen LogP contribution in [0.2, 0.25) is 0 Å². The summed E-state index contributed by atoms with van der Waals surface area (Å²) in [5, 5.41) is 5.96. The van der Waals surface area contributed by atoms with E-state index in [1.165, 1.54) is 11.8 Å². The molecule has 0 fully saturated rings. The van der Waals surface area contributed by atoms with Crippen LogP contribution in [-0.2, 0) is 28.5 Å². The lowest BCUT2D eigenvalue weighted by Crippen LogP contribution is -2.37. The number of allylic oxidation sites excluding steroid dienone is 2. The lowest BCUT2D eigenvalue weighted by Gasteiger charge is -2.33. The van der Waals surface area contributed by atoms with Crippen molar-refractivity contribution in [3.05, 3.63) is 59.2 Å². The minimum atomic E-state index is -0.524. The van der Waals surface area contributed by atoms with Gasteiger partial charge in [-0.2, -0.15) is 0 Å². The molecule has 1 aliphatic heterocycles. The van der Waals surface area contributed by atoms with E-state index in [4.69, 9.17) is 23.7 Å². The van der Waals surface area contributed by atoms with Crippen molar-refractivity contribution in [2.24, 2.45) is 17.8 Å². The number of hydrogen-bond donors (Lipinski definition) is 2. The number of methoxy groups -OCH3 is 3. The quantitative estimate of drug-likeness (QED) is 0.245. The molecule has 0 aliphatic carbocycles. The van der Waals surface area contributed by atoms with E-state index in [1.54, 1.807) is 59.6 Å². The van der Waals surface area contributed by atoms with Gasteiger partial charge in [0.1, 0.15) is 11.9 Å². The predicted molar refractivity (Wildman–Crippen MR) is 191 cm³/mol. The number of ether oxygens (including phenoxy) is 5. The van der Waals surface area contributed by atoms with Gasteiger partial charge < -0.3 is 39.2 Å². The van der Waals surface area contributed by atoms with Crippen LogP contribution in [0, 0.1) is 17.8 Å². The second-order valence-corrected chi connectivity index (χ2v) is 12.4. The van der Waals surface area contributed by atoms with Gasteiger partial charge in [0.15, 0.2) is 0 Å². The number of halogens is 1. The van der Waals surface area contributed by atoms with E-state index in [0.29, 0.717) is 30.8 Å². The van der Waals surface area contributed by atoms with E-state index in [9.17, 15) is 14.4 Å². The molecule has 0 saturated heterocycles. The normalized spacial score (nSPS) is 28.4. The molecule has 1 heterocycles. The summed E-state index contributed by atoms with van der Waals surface area (Å²) in [6.07, 6.45) is 5.92. The Kier molecular flexibility index (Phi) is 18.7. The van der Waals surface area contributed by atoms with Crippen LogP contribution >= 0.6 is 12.4 Å². The first-order chi connectivity index (χ1) is 22.3. The highest BCUT2D eigenvalue weighted by molar-refractivity contribution is 6.03. The maximum absolute atomic E-state index is 13.3. The number of esters is 1. The predicted octanol–water partition coefficient (Wildman–Crippen LogP) is 6.11. The van der Waals surface area contributed by atoms with E-state index < -0.39 is 18.3 Å². The summed E-state index contributed by atoms with van der Waals surface area (Å²) in [6, 6.07) is 5.21. The van der Waals surface area contributed by atoms with Crippen molar-refractivity contribution in [2.75, 3.05) is 53.8 Å². The summed E-state index contributed by atoms with van der Waals surface area (Å²) in [5.41, 5.74) is 2.51. The van der Waals surface area contributed by atoms with Crippen molar-refractivity contribution in [1.29, 1.82) is 0 Å². The molecule has 11 nitrogen and oxygen atoms in total. The van der Waals surface area contributed by atoms with Gasteiger partial charge in [0.25, 0.3) is 5.91 Å². The third-order valence-corrected chi connectivity index (χ3v) is 8.43. The smallest absolute Gasteiger partial charge is 0.415 e. The minimum Gasteiger partial charge on any atom is -0.457 e. The summed E-state index contributed by atoms with van der Waals surface area (Å²) in [5.74, 6) is -0.792. The molecule has 1 aromatic carbocycles. The molecule has 7 atom stereocenters. The molecule has 0 saturated carbocycles. The lowest BCUT2D eigenvalue weighted by atomic mass is 9.86. The third kappa shape index (κ3) is 12.7. The van der Waals surface area contributed by atoms with Gasteiger partial charge in [0, 0.05) is 77.6 Å². The van der Waals surface area contributed by atoms with E-state index in [-0.39, 0.29) is 60.0 Å². The number of anilines is 1. The van der Waals surface area contributed by atoms with Crippen LogP contribution < -0.4 is 15.4 Å². The summed E-state index contributed by atoms with van der Waals surface area (Å²) in [4.78, 5) is 39.7. The molecule has 1 aliphatic rings. The van der Waals surface area contributed by atoms with Crippen LogP contribution in [0.25, 0.3) is 0 Å². The first kappa shape index (κ1) is 42.8. The van der Waals surface area contributed by atoms with Crippen molar-refractivity contribution in [3.63, 3.8) is 0 Å². The van der Waals surface area contributed by atoms with Crippen LogP contribution in [-0.4, -0.2) is 89.7 Å². The zero-order chi connectivity index (χ0) is 35.3. The fourth-order valence-electron chi connectivity index (χ4n) is 5.90. The van der Waals surface area contributed by atoms with Crippen molar-refractivity contribution >= 4 is 36.1 Å². The Morgan fingerprint density at radius 2 is 1.69 bits per heavy atom. The largest absolute Gasteiger partial charge is 0.457 e. The molecule has 0 aromatic heterocycles. The topological polar surface area (TPSA) is 125 Å². The maximum atomic E-state index is 13.3. The van der Waals surface area contributed by atoms with Crippen LogP contribution in [0.1, 0.15) is 59.6 Å². The molecule has 2 N–H and O–H groups in total. The Hall–Kier alpha value is -3.22. The monoisotopic (exact) mass is 693 g/mol. The van der Waals surface area contributed by atoms with Crippen molar-refractivity contribution in [2.45, 2.75) is 72.4 Å². The van der Waals surface area contributed by atoms with Crippen LogP contribution in [0.4, 0.5) is 10.5 Å². The fraction of sp³-hybridized carbons (Fsp3) is 0.583. The summed E-state index contributed by atoms with van der Waals surface area (Å²) in [6.45, 7) is 12.2. The average Bonchev–Trinajstić information content (AvgIpc) is 3.01. The van der Waals surface area contributed by atoms with Crippen molar-refractivity contribution in [1.82, 2.24) is 10.2 Å². The fourth-order valence-corrected chi connectivity index (χ4v) is 5.90. The number of nitrogens with zero attached hydrogens (tertiary/aromatic N) is 1. The molecule has 2 bridgehead atoms. The minimum absolute atomic E-state index is 0. The van der Waals surface area contributed by atoms with E-state index >= 15 is 0 Å². The number of benzene rings is 1. The van der Waals surface area contributed by atoms with E-state index in [0.717, 1.165) is 11.1 Å². The molecule has 2 amide bonds. The van der Waals surface area contributed by atoms with E-state index in [2.05, 4.69) is 30.6 Å². The highest BCUT2D eigenvalue weighted by Crippen LogP contribution is 2.35. The number of amides is 2. The zero-order valence-corrected chi connectivity index (χ0v) is 31.1. The molecule has 12 heteroatoms. The highest BCUT2D eigenvalue weighted by atomic mass is 35.5. The number of hydrogen-bond acceptors (Lipinski definition) is 9. The first-order valence-corrected chi connectivity index (χ1v) is 16.1. The number of fused-ring (bicyclic) bond motifs is 2. The number of rotatable bonds is 8. The Labute approximate surface area is 292 Å². The van der Waals surface area contributed by atoms with Crippen LogP contribution in [0.15, 0.2) is 53.6 Å². The summed E-state index contributed by atoms with van der Waals surface area (Å²) in [7, 11) is 8.42. The second-order valence-electron chi connectivity index (χ2n) is 12.4. The number of carbonyl (C=O) groups excluding carboxylic acids is 3. The van der Waals surface area contributed by atoms with Gasteiger partial charge in [-0.05, 0) is 56.5 Å². The molecular weight excluding hydrogens is 638 g/mol. The standard InChI is InChI=1S/C36H55N3O8.ClH/c1-22-13-12-14-23(2)35(41)38-29-19-28(20-30(21-29)47-36(42)39(8)16-15-37-7)33(44-10)26(5)18-31(43-9)34(45-11)25(4)17-24(3)32(22)46-27(6)40;/h12-14,17,19-22,25-26,31-34,37H,15-16,18H2,1-11H3,(H,38,41);1H/b13-12-,23-14+,24-17+;/t22-,25?,26-,31-,32+,33+,34+;/m0./s1. The average molecular weight is 694 g/mol. The third-order valence-electron chi connectivity index (χ3n) is 8.43. The molecule has 0 radical (unpaired) electrons. The molecule has 48 heavy (non-hydrogen) atoms. The molecule has 0 spiro atoms. The summed E-state index contributed by atoms with van der Waals surface area (Å²) >= 11 is 0. The molecular formula is C36H56ClN3O8. The van der Waals surface area contributed by atoms with Gasteiger partial charge in [-0.1, -0.05) is 45.1 Å². The maximum Gasteiger partial charge on any atom is 0.415 e. The Morgan fingerprint density at radius 1 is 1.00 bits per heavy atom. The lowest BCUT2D eigenvalue weighted by molar-refractivity contribution is -0.146. The molecule has 1 unspecified atom stereocenters. The second kappa shape index (κ2) is 21.0. The van der Waals surface area contributed by atoms with Gasteiger partial charge in [0.2, 0.25) is 0 Å². The van der Waals surface area contributed by atoms with Gasteiger partial charge >= 0.3 is 12.1 Å².